The lowest BCUT2D eigenvalue weighted by Crippen LogP contribution is -2.34. The first kappa shape index (κ1) is 17.2. The fourth-order valence-electron chi connectivity index (χ4n) is 2.71. The van der Waals surface area contributed by atoms with Crippen molar-refractivity contribution in [2.75, 3.05) is 19.6 Å². The van der Waals surface area contributed by atoms with Gasteiger partial charge in [0.25, 0.3) is 0 Å². The Hall–Kier alpha value is -1.12. The number of likely N-dealkylation sites (N-methyl/N-ethyl adjacent to an activating group) is 1. The predicted octanol–water partition coefficient (Wildman–Crippen LogP) is 3.11. The molecule has 124 valence electrons. The van der Waals surface area contributed by atoms with E-state index < -0.39 is 21.4 Å². The Bertz CT molecular complexity index is 616. The van der Waals surface area contributed by atoms with Crippen LogP contribution in [0.5, 0.6) is 0 Å². The lowest BCUT2D eigenvalue weighted by Gasteiger charge is -2.32. The van der Waals surface area contributed by atoms with Crippen molar-refractivity contribution in [3.05, 3.63) is 29.8 Å². The van der Waals surface area contributed by atoms with Crippen LogP contribution < -0.4 is 0 Å². The maximum atomic E-state index is 12.2. The number of rotatable bonds is 4. The molecular weight excluding hydrogens is 319 g/mol. The summed E-state index contributed by atoms with van der Waals surface area (Å²) in [4.78, 5) is 1.78. The molecule has 1 aromatic carbocycles. The quantitative estimate of drug-likeness (QED) is 0.792. The Balaban J connectivity index is 2.23. The molecule has 8 heteroatoms. The van der Waals surface area contributed by atoms with Crippen molar-refractivity contribution in [2.45, 2.75) is 36.9 Å². The second-order valence-corrected chi connectivity index (χ2v) is 6.83. The zero-order chi connectivity index (χ0) is 16.4. The molecule has 1 heterocycles. The third kappa shape index (κ3) is 4.44. The molecule has 0 saturated carbocycles. The van der Waals surface area contributed by atoms with E-state index >= 15 is 0 Å². The summed E-state index contributed by atoms with van der Waals surface area (Å²) in [5, 5.41) is 0. The van der Waals surface area contributed by atoms with Gasteiger partial charge in [0.15, 0.2) is 0 Å². The number of alkyl halides is 3. The molecule has 1 atom stereocenters. The second kappa shape index (κ2) is 6.55. The highest BCUT2D eigenvalue weighted by Crippen LogP contribution is 2.30. The van der Waals surface area contributed by atoms with Crippen LogP contribution in [0.3, 0.4) is 0 Å². The van der Waals surface area contributed by atoms with Crippen LogP contribution in [0.1, 0.15) is 31.2 Å². The van der Waals surface area contributed by atoms with Gasteiger partial charge in [-0.1, -0.05) is 19.1 Å². The Morgan fingerprint density at radius 2 is 2.09 bits per heavy atom. The summed E-state index contributed by atoms with van der Waals surface area (Å²) in [5.74, 6) is 0.120. The summed E-state index contributed by atoms with van der Waals surface area (Å²) in [7, 11) is -4.84. The van der Waals surface area contributed by atoms with Gasteiger partial charge in [0.05, 0.1) is 4.90 Å². The zero-order valence-corrected chi connectivity index (χ0v) is 13.0. The highest BCUT2D eigenvalue weighted by molar-refractivity contribution is 7.86. The zero-order valence-electron chi connectivity index (χ0n) is 12.1. The lowest BCUT2D eigenvalue weighted by atomic mass is 9.91. The predicted molar refractivity (Wildman–Crippen MR) is 74.9 cm³/mol. The third-order valence-electron chi connectivity index (χ3n) is 3.78. The minimum atomic E-state index is -5.22. The van der Waals surface area contributed by atoms with Gasteiger partial charge in [-0.2, -0.15) is 12.6 Å². The largest absolute Gasteiger partial charge is 0.537 e. The number of likely N-dealkylation sites (tertiary alicyclic amines) is 1. The van der Waals surface area contributed by atoms with Gasteiger partial charge in [0.2, 0.25) is 0 Å². The van der Waals surface area contributed by atoms with E-state index in [1.165, 1.54) is 12.1 Å². The Morgan fingerprint density at radius 1 is 1.36 bits per heavy atom. The molecule has 0 N–H and O–H groups in total. The molecule has 0 spiro atoms. The molecule has 1 aliphatic rings. The normalized spacial score (nSPS) is 21.0. The molecule has 1 aliphatic heterocycles. The van der Waals surface area contributed by atoms with E-state index in [0.29, 0.717) is 0 Å². The first-order chi connectivity index (χ1) is 10.2. The van der Waals surface area contributed by atoms with E-state index in [-0.39, 0.29) is 5.92 Å². The summed E-state index contributed by atoms with van der Waals surface area (Å²) in [6.07, 6.45) is -3.35. The van der Waals surface area contributed by atoms with Crippen molar-refractivity contribution in [1.82, 2.24) is 4.90 Å². The average Bonchev–Trinajstić information content (AvgIpc) is 2.45. The standard InChI is InChI=1S/C14H18F3NO3S/c1-2-18-8-4-6-12(10-18)11-5-3-7-13(9-11)22(19,20)21-14(15,16)17/h3,5,7,9,12H,2,4,6,8,10H2,1H3/t12-/m1/s1. The van der Waals surface area contributed by atoms with Crippen LogP contribution in [0.25, 0.3) is 0 Å². The number of piperidine rings is 1. The smallest absolute Gasteiger partial charge is 0.303 e. The van der Waals surface area contributed by atoms with Gasteiger partial charge in [0, 0.05) is 6.54 Å². The minimum Gasteiger partial charge on any atom is -0.303 e. The number of hydrogen-bond donors (Lipinski definition) is 0. The first-order valence-corrected chi connectivity index (χ1v) is 8.47. The van der Waals surface area contributed by atoms with E-state index in [2.05, 4.69) is 9.08 Å². The summed E-state index contributed by atoms with van der Waals surface area (Å²) in [5.41, 5.74) is 0.727. The highest BCUT2D eigenvalue weighted by Gasteiger charge is 2.38. The Kier molecular flexibility index (Phi) is 5.14. The second-order valence-electron chi connectivity index (χ2n) is 5.29. The average molecular weight is 337 g/mol. The molecule has 0 radical (unpaired) electrons. The monoisotopic (exact) mass is 337 g/mol. The number of nitrogens with zero attached hydrogens (tertiary/aromatic N) is 1. The Morgan fingerprint density at radius 3 is 2.73 bits per heavy atom. The summed E-state index contributed by atoms with van der Waals surface area (Å²) in [6, 6.07) is 5.60. The molecule has 1 aromatic rings. The molecule has 22 heavy (non-hydrogen) atoms. The van der Waals surface area contributed by atoms with Gasteiger partial charge in [-0.25, -0.2) is 0 Å². The third-order valence-corrected chi connectivity index (χ3v) is 5.01. The van der Waals surface area contributed by atoms with E-state index in [1.54, 1.807) is 6.07 Å². The van der Waals surface area contributed by atoms with E-state index in [9.17, 15) is 21.6 Å². The summed E-state index contributed by atoms with van der Waals surface area (Å²) in [6.45, 7) is 4.70. The fraction of sp³-hybridized carbons (Fsp3) is 0.571. The molecule has 0 bridgehead atoms. The van der Waals surface area contributed by atoms with Crippen LogP contribution in [0.4, 0.5) is 13.2 Å². The molecule has 0 aromatic heterocycles. The van der Waals surface area contributed by atoms with Crippen LogP contribution in [-0.2, 0) is 14.3 Å². The van der Waals surface area contributed by atoms with Crippen molar-refractivity contribution in [3.63, 3.8) is 0 Å². The number of hydrogen-bond acceptors (Lipinski definition) is 4. The van der Waals surface area contributed by atoms with Crippen LogP contribution in [-0.4, -0.2) is 39.3 Å². The molecule has 1 fully saturated rings. The Labute approximate surface area is 128 Å². The lowest BCUT2D eigenvalue weighted by molar-refractivity contribution is -0.271. The number of halogens is 3. The van der Waals surface area contributed by atoms with Gasteiger partial charge in [-0.15, -0.1) is 13.2 Å². The number of benzene rings is 1. The van der Waals surface area contributed by atoms with Gasteiger partial charge < -0.3 is 4.90 Å². The van der Waals surface area contributed by atoms with Gasteiger partial charge in [-0.05, 0) is 49.5 Å². The van der Waals surface area contributed by atoms with Crippen molar-refractivity contribution < 1.29 is 25.8 Å². The molecular formula is C14H18F3NO3S. The molecule has 2 rings (SSSR count). The van der Waals surface area contributed by atoms with E-state index in [1.807, 2.05) is 6.92 Å². The van der Waals surface area contributed by atoms with Crippen molar-refractivity contribution in [1.29, 1.82) is 0 Å². The van der Waals surface area contributed by atoms with Crippen LogP contribution in [0, 0.1) is 0 Å². The molecule has 0 aliphatic carbocycles. The maximum absolute atomic E-state index is 12.2. The highest BCUT2D eigenvalue weighted by atomic mass is 32.2. The first-order valence-electron chi connectivity index (χ1n) is 7.06. The topological polar surface area (TPSA) is 46.6 Å². The molecule has 0 unspecified atom stereocenters. The van der Waals surface area contributed by atoms with E-state index in [0.717, 1.165) is 44.1 Å². The molecule has 0 amide bonds. The summed E-state index contributed by atoms with van der Waals surface area (Å²) >= 11 is 0. The van der Waals surface area contributed by atoms with Crippen molar-refractivity contribution in [2.24, 2.45) is 0 Å². The van der Waals surface area contributed by atoms with Crippen molar-refractivity contribution >= 4 is 10.1 Å². The van der Waals surface area contributed by atoms with Crippen LogP contribution in [0.15, 0.2) is 29.2 Å². The van der Waals surface area contributed by atoms with Crippen molar-refractivity contribution in [3.8, 4) is 0 Å². The minimum absolute atomic E-state index is 0.120. The van der Waals surface area contributed by atoms with Gasteiger partial charge in [-0.3, -0.25) is 0 Å². The molecule has 4 nitrogen and oxygen atoms in total. The fourth-order valence-corrected chi connectivity index (χ4v) is 3.58. The SMILES string of the molecule is CCN1CCC[C@@H](c2cccc(S(=O)(=O)OC(F)(F)F)c2)C1. The van der Waals surface area contributed by atoms with Gasteiger partial charge >= 0.3 is 16.5 Å². The maximum Gasteiger partial charge on any atom is 0.537 e. The van der Waals surface area contributed by atoms with Crippen LogP contribution in [0.2, 0.25) is 0 Å². The summed E-state index contributed by atoms with van der Waals surface area (Å²) < 4.78 is 63.1. The molecule has 1 saturated heterocycles. The van der Waals surface area contributed by atoms with Gasteiger partial charge in [0.1, 0.15) is 0 Å². The van der Waals surface area contributed by atoms with Crippen LogP contribution >= 0.6 is 0 Å². The van der Waals surface area contributed by atoms with E-state index in [4.69, 9.17) is 0 Å².